The average Bonchev–Trinajstić information content (AvgIpc) is 3.05. The van der Waals surface area contributed by atoms with Gasteiger partial charge in [-0.15, -0.1) is 11.3 Å². The molecule has 0 aliphatic rings. The van der Waals surface area contributed by atoms with E-state index >= 15 is 0 Å². The Bertz CT molecular complexity index is 1030. The molecule has 2 aromatic heterocycles. The van der Waals surface area contributed by atoms with Gasteiger partial charge in [0.05, 0.1) is 27.7 Å². The van der Waals surface area contributed by atoms with Crippen LogP contribution in [0, 0.1) is 10.1 Å². The normalized spacial score (nSPS) is 11.4. The Morgan fingerprint density at radius 3 is 2.62 bits per heavy atom. The molecule has 3 rings (SSSR count). The van der Waals surface area contributed by atoms with E-state index in [1.165, 1.54) is 32.8 Å². The summed E-state index contributed by atoms with van der Waals surface area (Å²) >= 11 is 1.26. The Kier molecular flexibility index (Phi) is 3.77. The van der Waals surface area contributed by atoms with Crippen molar-refractivity contribution in [1.29, 1.82) is 0 Å². The zero-order chi connectivity index (χ0) is 17.4. The van der Waals surface area contributed by atoms with Gasteiger partial charge >= 0.3 is 5.69 Å². The number of imidazole rings is 1. The zero-order valence-corrected chi connectivity index (χ0v) is 13.6. The molecule has 1 aromatic carbocycles. The van der Waals surface area contributed by atoms with Gasteiger partial charge in [-0.2, -0.15) is 5.10 Å². The maximum absolute atomic E-state index is 12.0. The summed E-state index contributed by atoms with van der Waals surface area (Å²) in [7, 11) is 3.17. The van der Waals surface area contributed by atoms with Gasteiger partial charge in [0.2, 0.25) is 5.13 Å². The van der Waals surface area contributed by atoms with Gasteiger partial charge in [-0.3, -0.25) is 24.7 Å². The number of nitrogens with one attached hydrogen (secondary N) is 1. The molecule has 0 aliphatic carbocycles. The Morgan fingerprint density at radius 1 is 1.38 bits per heavy atom. The van der Waals surface area contributed by atoms with E-state index in [4.69, 9.17) is 5.73 Å². The number of aryl methyl sites for hydroxylation is 2. The van der Waals surface area contributed by atoms with E-state index in [0.717, 1.165) is 0 Å². The number of benzene rings is 1. The van der Waals surface area contributed by atoms with Crippen LogP contribution >= 0.6 is 11.3 Å². The molecule has 0 aliphatic heterocycles. The lowest BCUT2D eigenvalue weighted by atomic mass is 10.1. The third-order valence-corrected chi connectivity index (χ3v) is 4.27. The van der Waals surface area contributed by atoms with Gasteiger partial charge in [0, 0.05) is 25.5 Å². The van der Waals surface area contributed by atoms with E-state index in [1.807, 2.05) is 0 Å². The molecule has 3 N–H and O–H groups in total. The predicted octanol–water partition coefficient (Wildman–Crippen LogP) is 1.27. The topological polar surface area (TPSA) is 133 Å². The molecule has 0 atom stereocenters. The van der Waals surface area contributed by atoms with Gasteiger partial charge in [-0.05, 0) is 6.07 Å². The molecular weight excluding hydrogens is 334 g/mol. The smallest absolute Gasteiger partial charge is 0.328 e. The number of fused-ring (bicyclic) bond motifs is 1. The number of nitro groups is 1. The van der Waals surface area contributed by atoms with Gasteiger partial charge in [0.25, 0.3) is 5.69 Å². The van der Waals surface area contributed by atoms with Crippen molar-refractivity contribution >= 4 is 45.2 Å². The predicted molar refractivity (Wildman–Crippen MR) is 92.6 cm³/mol. The summed E-state index contributed by atoms with van der Waals surface area (Å²) in [5.74, 6) is 0.365. The van der Waals surface area contributed by atoms with Crippen molar-refractivity contribution in [3.63, 3.8) is 0 Å². The number of thiazole rings is 1. The third kappa shape index (κ3) is 2.60. The van der Waals surface area contributed by atoms with Crippen molar-refractivity contribution in [3.8, 4) is 0 Å². The third-order valence-electron chi connectivity index (χ3n) is 3.50. The molecule has 0 spiro atoms. The molecule has 0 bridgehead atoms. The second-order valence-corrected chi connectivity index (χ2v) is 5.86. The largest absolute Gasteiger partial charge is 0.383 e. The quantitative estimate of drug-likeness (QED) is 0.415. The fourth-order valence-corrected chi connectivity index (χ4v) is 2.85. The molecule has 10 nitrogen and oxygen atoms in total. The summed E-state index contributed by atoms with van der Waals surface area (Å²) in [5, 5.41) is 17.4. The molecule has 0 fully saturated rings. The number of hydrogen-bond acceptors (Lipinski definition) is 8. The SMILES string of the molecule is Cn1c(=O)n(C)c2cc([N+](=O)[O-])c(C=NNc3nc(N)cs3)cc21. The molecule has 124 valence electrons. The highest BCUT2D eigenvalue weighted by Gasteiger charge is 2.18. The second-order valence-electron chi connectivity index (χ2n) is 5.00. The number of nitro benzene ring substituents is 1. The Morgan fingerprint density at radius 2 is 2.04 bits per heavy atom. The first kappa shape index (κ1) is 15.7. The summed E-state index contributed by atoms with van der Waals surface area (Å²) in [4.78, 5) is 26.7. The van der Waals surface area contributed by atoms with Gasteiger partial charge in [0.15, 0.2) is 0 Å². The second kappa shape index (κ2) is 5.77. The molecule has 0 amide bonds. The fraction of sp³-hybridized carbons (Fsp3) is 0.154. The van der Waals surface area contributed by atoms with E-state index in [2.05, 4.69) is 15.5 Å². The van der Waals surface area contributed by atoms with Crippen LogP contribution in [0.2, 0.25) is 0 Å². The average molecular weight is 347 g/mol. The first-order chi connectivity index (χ1) is 11.4. The number of hydrogen-bond donors (Lipinski definition) is 2. The summed E-state index contributed by atoms with van der Waals surface area (Å²) in [6.07, 6.45) is 1.31. The van der Waals surface area contributed by atoms with Crippen LogP contribution in [-0.2, 0) is 14.1 Å². The van der Waals surface area contributed by atoms with Crippen LogP contribution in [0.25, 0.3) is 11.0 Å². The van der Waals surface area contributed by atoms with E-state index in [0.29, 0.717) is 22.0 Å². The van der Waals surface area contributed by atoms with Crippen molar-refractivity contribution in [3.05, 3.63) is 43.7 Å². The highest BCUT2D eigenvalue weighted by Crippen LogP contribution is 2.24. The van der Waals surface area contributed by atoms with Crippen LogP contribution in [0.5, 0.6) is 0 Å². The molecular formula is C13H13N7O3S. The Labute approximate surface area is 139 Å². The first-order valence-corrected chi connectivity index (χ1v) is 7.60. The summed E-state index contributed by atoms with van der Waals surface area (Å²) in [6.45, 7) is 0. The maximum atomic E-state index is 12.0. The van der Waals surface area contributed by atoms with E-state index in [1.54, 1.807) is 25.5 Å². The van der Waals surface area contributed by atoms with Gasteiger partial charge in [-0.1, -0.05) is 0 Å². The van der Waals surface area contributed by atoms with Gasteiger partial charge in [0.1, 0.15) is 5.82 Å². The highest BCUT2D eigenvalue weighted by atomic mass is 32.1. The maximum Gasteiger partial charge on any atom is 0.328 e. The molecule has 11 heteroatoms. The monoisotopic (exact) mass is 347 g/mol. The summed E-state index contributed by atoms with van der Waals surface area (Å²) in [6, 6.07) is 2.91. The van der Waals surface area contributed by atoms with Crippen LogP contribution in [0.3, 0.4) is 0 Å². The minimum absolute atomic E-state index is 0.145. The molecule has 2 heterocycles. The molecule has 0 saturated carbocycles. The number of nitrogen functional groups attached to an aromatic ring is 1. The first-order valence-electron chi connectivity index (χ1n) is 6.72. The summed E-state index contributed by atoms with van der Waals surface area (Å²) < 4.78 is 2.78. The molecule has 0 saturated heterocycles. The van der Waals surface area contributed by atoms with Crippen molar-refractivity contribution in [1.82, 2.24) is 14.1 Å². The molecule has 24 heavy (non-hydrogen) atoms. The highest BCUT2D eigenvalue weighted by molar-refractivity contribution is 7.14. The van der Waals surface area contributed by atoms with Crippen LogP contribution in [0.1, 0.15) is 5.56 Å². The lowest BCUT2D eigenvalue weighted by molar-refractivity contribution is -0.384. The van der Waals surface area contributed by atoms with Crippen LogP contribution in [0.4, 0.5) is 16.6 Å². The van der Waals surface area contributed by atoms with Crippen molar-refractivity contribution < 1.29 is 4.92 Å². The number of rotatable bonds is 4. The lowest BCUT2D eigenvalue weighted by Gasteiger charge is -2.00. The molecule has 0 unspecified atom stereocenters. The minimum atomic E-state index is -0.514. The van der Waals surface area contributed by atoms with Crippen LogP contribution < -0.4 is 16.8 Å². The van der Waals surface area contributed by atoms with Gasteiger partial charge < -0.3 is 5.73 Å². The number of nitrogens with two attached hydrogens (primary N) is 1. The zero-order valence-electron chi connectivity index (χ0n) is 12.8. The van der Waals surface area contributed by atoms with E-state index < -0.39 is 4.92 Å². The number of hydrazone groups is 1. The Hall–Kier alpha value is -3.21. The van der Waals surface area contributed by atoms with Crippen LogP contribution in [-0.4, -0.2) is 25.3 Å². The number of anilines is 2. The van der Waals surface area contributed by atoms with Gasteiger partial charge in [-0.25, -0.2) is 9.78 Å². The van der Waals surface area contributed by atoms with E-state index in [9.17, 15) is 14.9 Å². The number of nitrogens with zero attached hydrogens (tertiary/aromatic N) is 5. The fourth-order valence-electron chi connectivity index (χ4n) is 2.31. The lowest BCUT2D eigenvalue weighted by Crippen LogP contribution is -2.19. The Balaban J connectivity index is 2.05. The molecule has 3 aromatic rings. The summed E-state index contributed by atoms with van der Waals surface area (Å²) in [5.41, 5.74) is 9.08. The van der Waals surface area contributed by atoms with E-state index in [-0.39, 0.29) is 16.9 Å². The van der Waals surface area contributed by atoms with Crippen LogP contribution in [0.15, 0.2) is 27.4 Å². The molecule has 0 radical (unpaired) electrons. The van der Waals surface area contributed by atoms with Crippen molar-refractivity contribution in [2.75, 3.05) is 11.2 Å². The van der Waals surface area contributed by atoms with Crippen molar-refractivity contribution in [2.45, 2.75) is 0 Å². The minimum Gasteiger partial charge on any atom is -0.383 e. The van der Waals surface area contributed by atoms with Crippen molar-refractivity contribution in [2.24, 2.45) is 19.2 Å². The standard InChI is InChI=1S/C13H13N7O3S/c1-18-9-3-7(5-15-17-12-16-11(14)6-24-12)8(20(22)23)4-10(9)19(2)13(18)21/h3-6H,14H2,1-2H3,(H,16,17). The number of aromatic nitrogens is 3.